The molecule has 0 aliphatic carbocycles. The number of hydrogen-bond acceptors (Lipinski definition) is 3. The molecule has 3 nitrogen and oxygen atoms in total. The summed E-state index contributed by atoms with van der Waals surface area (Å²) in [5, 5.41) is 13.1. The van der Waals surface area contributed by atoms with Gasteiger partial charge >= 0.3 is 0 Å². The molecule has 5 heteroatoms. The van der Waals surface area contributed by atoms with Crippen LogP contribution in [0.1, 0.15) is 18.4 Å². The minimum absolute atomic E-state index is 0. The summed E-state index contributed by atoms with van der Waals surface area (Å²) < 4.78 is 6.38. The average molecular weight is 323 g/mol. The second-order valence-electron chi connectivity index (χ2n) is 4.07. The largest absolute Gasteiger partial charge is 0.508 e. The maximum atomic E-state index is 9.67. The Hall–Kier alpha value is -0.290. The Bertz CT molecular complexity index is 356. The smallest absolute Gasteiger partial charge is 0.120 e. The van der Waals surface area contributed by atoms with E-state index in [0.717, 1.165) is 36.1 Å². The predicted octanol–water partition coefficient (Wildman–Crippen LogP) is 2.85. The number of phenols is 1. The minimum Gasteiger partial charge on any atom is -0.508 e. The molecule has 1 atom stereocenters. The highest BCUT2D eigenvalue weighted by Gasteiger charge is 2.13. The summed E-state index contributed by atoms with van der Waals surface area (Å²) in [6, 6.07) is 5.89. The zero-order valence-electron chi connectivity index (χ0n) is 9.49. The first-order valence-corrected chi connectivity index (χ1v) is 6.33. The fourth-order valence-electron chi connectivity index (χ4n) is 1.85. The van der Waals surface area contributed by atoms with Gasteiger partial charge in [0.25, 0.3) is 0 Å². The first-order chi connectivity index (χ1) is 7.75. The number of rotatable bonds is 3. The highest BCUT2D eigenvalue weighted by molar-refractivity contribution is 9.10. The number of phenolic OH excluding ortho intramolecular Hbond substituents is 1. The van der Waals surface area contributed by atoms with Crippen LogP contribution in [0.25, 0.3) is 0 Å². The van der Waals surface area contributed by atoms with Gasteiger partial charge < -0.3 is 15.2 Å². The van der Waals surface area contributed by atoms with Crippen molar-refractivity contribution in [3.8, 4) is 5.75 Å². The number of halogens is 2. The summed E-state index contributed by atoms with van der Waals surface area (Å²) in [6.07, 6.45) is 2.26. The molecule has 1 unspecified atom stereocenters. The van der Waals surface area contributed by atoms with E-state index in [1.54, 1.807) is 6.07 Å². The van der Waals surface area contributed by atoms with Crippen LogP contribution in [0, 0.1) is 0 Å². The van der Waals surface area contributed by atoms with Crippen LogP contribution < -0.4 is 5.32 Å². The summed E-state index contributed by atoms with van der Waals surface area (Å²) >= 11 is 3.40. The molecule has 0 saturated carbocycles. The number of ether oxygens (including phenoxy) is 1. The molecule has 0 amide bonds. The van der Waals surface area contributed by atoms with Crippen molar-refractivity contribution in [1.29, 1.82) is 0 Å². The van der Waals surface area contributed by atoms with E-state index in [2.05, 4.69) is 21.2 Å². The maximum Gasteiger partial charge on any atom is 0.120 e. The van der Waals surface area contributed by atoms with E-state index in [-0.39, 0.29) is 12.4 Å². The van der Waals surface area contributed by atoms with E-state index < -0.39 is 0 Å². The molecular formula is C12H17BrClNO2. The summed E-state index contributed by atoms with van der Waals surface area (Å²) in [5.74, 6) is 0.340. The number of nitrogens with one attached hydrogen (secondary N) is 1. The van der Waals surface area contributed by atoms with Gasteiger partial charge in [0.2, 0.25) is 0 Å². The van der Waals surface area contributed by atoms with E-state index >= 15 is 0 Å². The molecule has 96 valence electrons. The van der Waals surface area contributed by atoms with Crippen LogP contribution in [0.2, 0.25) is 0 Å². The molecule has 1 saturated heterocycles. The second-order valence-corrected chi connectivity index (χ2v) is 4.98. The summed E-state index contributed by atoms with van der Waals surface area (Å²) in [5.41, 5.74) is 0.917. The molecule has 2 N–H and O–H groups in total. The lowest BCUT2D eigenvalue weighted by Crippen LogP contribution is -2.36. The quantitative estimate of drug-likeness (QED) is 0.899. The molecule has 1 aromatic carbocycles. The third kappa shape index (κ3) is 4.47. The third-order valence-corrected chi connectivity index (χ3v) is 3.28. The van der Waals surface area contributed by atoms with Gasteiger partial charge in [0.05, 0.1) is 6.61 Å². The molecule has 0 bridgehead atoms. The molecule has 1 aliphatic heterocycles. The lowest BCUT2D eigenvalue weighted by Gasteiger charge is -2.23. The molecule has 2 rings (SSSR count). The van der Waals surface area contributed by atoms with Gasteiger partial charge in [0.15, 0.2) is 0 Å². The van der Waals surface area contributed by atoms with Gasteiger partial charge in [-0.2, -0.15) is 0 Å². The Kier molecular flexibility index (Phi) is 6.27. The van der Waals surface area contributed by atoms with E-state index in [1.165, 1.54) is 0 Å². The first kappa shape index (κ1) is 14.8. The van der Waals surface area contributed by atoms with Crippen molar-refractivity contribution in [3.63, 3.8) is 0 Å². The SMILES string of the molecule is Cl.Oc1ccc(Br)cc1CNC1CCCOC1. The van der Waals surface area contributed by atoms with Gasteiger partial charge in [0.1, 0.15) is 5.75 Å². The Morgan fingerprint density at radius 2 is 2.29 bits per heavy atom. The normalized spacial score (nSPS) is 19.7. The van der Waals surface area contributed by atoms with Crippen LogP contribution in [-0.2, 0) is 11.3 Å². The molecule has 17 heavy (non-hydrogen) atoms. The van der Waals surface area contributed by atoms with Crippen molar-refractivity contribution in [2.24, 2.45) is 0 Å². The molecule has 1 aliphatic rings. The van der Waals surface area contributed by atoms with E-state index in [1.807, 2.05) is 12.1 Å². The van der Waals surface area contributed by atoms with Crippen LogP contribution in [-0.4, -0.2) is 24.4 Å². The first-order valence-electron chi connectivity index (χ1n) is 5.54. The van der Waals surface area contributed by atoms with Gasteiger partial charge in [-0.05, 0) is 31.0 Å². The molecule has 0 aromatic heterocycles. The van der Waals surface area contributed by atoms with Crippen LogP contribution in [0.4, 0.5) is 0 Å². The lowest BCUT2D eigenvalue weighted by atomic mass is 10.1. The van der Waals surface area contributed by atoms with Crippen LogP contribution in [0.5, 0.6) is 5.75 Å². The molecular weight excluding hydrogens is 305 g/mol. The minimum atomic E-state index is 0. The molecule has 0 spiro atoms. The van der Waals surface area contributed by atoms with E-state index in [9.17, 15) is 5.11 Å². The Morgan fingerprint density at radius 1 is 1.47 bits per heavy atom. The Labute approximate surface area is 116 Å². The zero-order valence-corrected chi connectivity index (χ0v) is 11.9. The average Bonchev–Trinajstić information content (AvgIpc) is 2.32. The molecule has 1 fully saturated rings. The number of aromatic hydroxyl groups is 1. The van der Waals surface area contributed by atoms with Gasteiger partial charge in [-0.15, -0.1) is 12.4 Å². The van der Waals surface area contributed by atoms with Crippen molar-refractivity contribution in [3.05, 3.63) is 28.2 Å². The fourth-order valence-corrected chi connectivity index (χ4v) is 2.26. The van der Waals surface area contributed by atoms with Crippen molar-refractivity contribution in [2.45, 2.75) is 25.4 Å². The Morgan fingerprint density at radius 3 is 3.00 bits per heavy atom. The van der Waals surface area contributed by atoms with Crippen molar-refractivity contribution < 1.29 is 9.84 Å². The van der Waals surface area contributed by atoms with E-state index in [0.29, 0.717) is 18.3 Å². The van der Waals surface area contributed by atoms with Crippen molar-refractivity contribution >= 4 is 28.3 Å². The Balaban J connectivity index is 0.00000144. The molecule has 1 heterocycles. The van der Waals surface area contributed by atoms with E-state index in [4.69, 9.17) is 4.74 Å². The number of hydrogen-bond donors (Lipinski definition) is 2. The maximum absolute atomic E-state index is 9.67. The second kappa shape index (κ2) is 7.21. The zero-order chi connectivity index (χ0) is 11.4. The number of benzene rings is 1. The topological polar surface area (TPSA) is 41.5 Å². The van der Waals surface area contributed by atoms with Gasteiger partial charge in [-0.25, -0.2) is 0 Å². The molecule has 0 radical (unpaired) electrons. The van der Waals surface area contributed by atoms with Gasteiger partial charge in [-0.3, -0.25) is 0 Å². The van der Waals surface area contributed by atoms with Crippen molar-refractivity contribution in [2.75, 3.05) is 13.2 Å². The predicted molar refractivity (Wildman–Crippen MR) is 73.7 cm³/mol. The third-order valence-electron chi connectivity index (χ3n) is 2.78. The summed E-state index contributed by atoms with van der Waals surface area (Å²) in [4.78, 5) is 0. The highest BCUT2D eigenvalue weighted by Crippen LogP contribution is 2.22. The molecule has 1 aromatic rings. The van der Waals surface area contributed by atoms with Gasteiger partial charge in [-0.1, -0.05) is 15.9 Å². The fraction of sp³-hybridized carbons (Fsp3) is 0.500. The summed E-state index contributed by atoms with van der Waals surface area (Å²) in [6.45, 7) is 2.33. The lowest BCUT2D eigenvalue weighted by molar-refractivity contribution is 0.0699. The van der Waals surface area contributed by atoms with Crippen LogP contribution in [0.3, 0.4) is 0 Å². The monoisotopic (exact) mass is 321 g/mol. The standard InChI is InChI=1S/C12H16BrNO2.ClH/c13-10-3-4-12(15)9(6-10)7-14-11-2-1-5-16-8-11;/h3-4,6,11,14-15H,1-2,5,7-8H2;1H. The van der Waals surface area contributed by atoms with Gasteiger partial charge in [0, 0.05) is 29.2 Å². The summed E-state index contributed by atoms with van der Waals surface area (Å²) in [7, 11) is 0. The highest BCUT2D eigenvalue weighted by atomic mass is 79.9. The van der Waals surface area contributed by atoms with Crippen molar-refractivity contribution in [1.82, 2.24) is 5.32 Å². The van der Waals surface area contributed by atoms with Crippen LogP contribution in [0.15, 0.2) is 22.7 Å². The van der Waals surface area contributed by atoms with Crippen LogP contribution >= 0.6 is 28.3 Å².